The number of ether oxygens (including phenoxy) is 1. The van der Waals surface area contributed by atoms with Gasteiger partial charge >= 0.3 is 0 Å². The molecule has 1 N–H and O–H groups in total. The zero-order chi connectivity index (χ0) is 10.7. The second-order valence-corrected chi connectivity index (χ2v) is 4.53. The fourth-order valence-corrected chi connectivity index (χ4v) is 2.08. The van der Waals surface area contributed by atoms with Crippen LogP contribution in [0.15, 0.2) is 0 Å². The summed E-state index contributed by atoms with van der Waals surface area (Å²) >= 11 is 0. The van der Waals surface area contributed by atoms with E-state index in [4.69, 9.17) is 10.00 Å². The summed E-state index contributed by atoms with van der Waals surface area (Å²) in [7, 11) is 1.76. The first kappa shape index (κ1) is 10.9. The molecule has 0 aromatic carbocycles. The van der Waals surface area contributed by atoms with E-state index in [1.165, 1.54) is 12.8 Å². The summed E-state index contributed by atoms with van der Waals surface area (Å²) in [5.74, 6) is 0. The first-order valence-electron chi connectivity index (χ1n) is 5.72. The van der Waals surface area contributed by atoms with Gasteiger partial charge in [0.15, 0.2) is 0 Å². The van der Waals surface area contributed by atoms with Gasteiger partial charge in [-0.05, 0) is 19.3 Å². The minimum Gasteiger partial charge on any atom is -0.380 e. The lowest BCUT2D eigenvalue weighted by Gasteiger charge is -2.19. The van der Waals surface area contributed by atoms with Crippen molar-refractivity contribution in [3.63, 3.8) is 0 Å². The maximum Gasteiger partial charge on any atom is 0.108 e. The molecule has 0 spiro atoms. The fraction of sp³-hybridized carbons (Fsp3) is 0.909. The molecule has 2 unspecified atom stereocenters. The molecule has 2 rings (SSSR count). The highest BCUT2D eigenvalue weighted by atomic mass is 16.5. The number of likely N-dealkylation sites (tertiary alicyclic amines) is 1. The molecule has 1 saturated heterocycles. The van der Waals surface area contributed by atoms with Crippen molar-refractivity contribution in [3.05, 3.63) is 0 Å². The Hall–Kier alpha value is -0.630. The number of hydrogen-bond donors (Lipinski definition) is 1. The van der Waals surface area contributed by atoms with Crippen molar-refractivity contribution in [3.8, 4) is 6.07 Å². The lowest BCUT2D eigenvalue weighted by atomic mass is 10.3. The molecule has 0 bridgehead atoms. The Kier molecular flexibility index (Phi) is 3.57. The molecular weight excluding hydrogens is 190 g/mol. The van der Waals surface area contributed by atoms with Crippen molar-refractivity contribution in [2.75, 3.05) is 26.7 Å². The van der Waals surface area contributed by atoms with Gasteiger partial charge in [-0.2, -0.15) is 5.26 Å². The molecule has 15 heavy (non-hydrogen) atoms. The van der Waals surface area contributed by atoms with Crippen LogP contribution in [0.3, 0.4) is 0 Å². The Bertz CT molecular complexity index is 247. The highest BCUT2D eigenvalue weighted by molar-refractivity contribution is 4.98. The van der Waals surface area contributed by atoms with E-state index in [-0.39, 0.29) is 6.04 Å². The first-order valence-corrected chi connectivity index (χ1v) is 5.72. The van der Waals surface area contributed by atoms with Gasteiger partial charge in [-0.15, -0.1) is 0 Å². The molecule has 1 saturated carbocycles. The number of nitriles is 1. The molecule has 84 valence electrons. The minimum absolute atomic E-state index is 0.00638. The molecule has 1 aliphatic heterocycles. The van der Waals surface area contributed by atoms with E-state index in [9.17, 15) is 0 Å². The molecule has 0 aromatic heterocycles. The number of methoxy groups -OCH3 is 1. The topological polar surface area (TPSA) is 48.3 Å². The van der Waals surface area contributed by atoms with Gasteiger partial charge < -0.3 is 4.74 Å². The summed E-state index contributed by atoms with van der Waals surface area (Å²) in [4.78, 5) is 2.32. The van der Waals surface area contributed by atoms with Crippen molar-refractivity contribution in [2.45, 2.75) is 37.5 Å². The van der Waals surface area contributed by atoms with E-state index in [1.54, 1.807) is 7.11 Å². The third kappa shape index (κ3) is 3.16. The lowest BCUT2D eigenvalue weighted by Crippen LogP contribution is -2.40. The maximum atomic E-state index is 9.02. The average molecular weight is 209 g/mol. The van der Waals surface area contributed by atoms with E-state index in [0.29, 0.717) is 12.1 Å². The second-order valence-electron chi connectivity index (χ2n) is 4.53. The van der Waals surface area contributed by atoms with Crippen LogP contribution in [0.4, 0.5) is 0 Å². The number of rotatable bonds is 5. The molecule has 1 heterocycles. The SMILES string of the molecule is COC1CCN(CC(C#N)NC2CC2)C1. The van der Waals surface area contributed by atoms with E-state index in [2.05, 4.69) is 16.3 Å². The van der Waals surface area contributed by atoms with Crippen molar-refractivity contribution in [2.24, 2.45) is 0 Å². The molecule has 2 atom stereocenters. The van der Waals surface area contributed by atoms with Gasteiger partial charge in [-0.3, -0.25) is 10.2 Å². The molecule has 2 fully saturated rings. The van der Waals surface area contributed by atoms with Gasteiger partial charge in [0.05, 0.1) is 12.2 Å². The summed E-state index contributed by atoms with van der Waals surface area (Å²) in [5.41, 5.74) is 0. The summed E-state index contributed by atoms with van der Waals surface area (Å²) in [6.07, 6.45) is 3.93. The third-order valence-electron chi connectivity index (χ3n) is 3.17. The molecule has 1 aliphatic carbocycles. The van der Waals surface area contributed by atoms with Crippen LogP contribution in [-0.2, 0) is 4.74 Å². The lowest BCUT2D eigenvalue weighted by molar-refractivity contribution is 0.107. The predicted octanol–water partition coefficient (Wildman–Crippen LogP) is 0.351. The first-order chi connectivity index (χ1) is 7.31. The monoisotopic (exact) mass is 209 g/mol. The van der Waals surface area contributed by atoms with Crippen LogP contribution in [0.2, 0.25) is 0 Å². The van der Waals surface area contributed by atoms with Crippen LogP contribution in [-0.4, -0.2) is 49.8 Å². The molecular formula is C11H19N3O. The van der Waals surface area contributed by atoms with Crippen LogP contribution in [0.5, 0.6) is 0 Å². The van der Waals surface area contributed by atoms with E-state index in [0.717, 1.165) is 26.1 Å². The van der Waals surface area contributed by atoms with Gasteiger partial charge in [0, 0.05) is 32.8 Å². The van der Waals surface area contributed by atoms with Gasteiger partial charge in [0.2, 0.25) is 0 Å². The predicted molar refractivity (Wildman–Crippen MR) is 57.4 cm³/mol. The van der Waals surface area contributed by atoms with Crippen LogP contribution >= 0.6 is 0 Å². The Morgan fingerprint density at radius 2 is 2.33 bits per heavy atom. The summed E-state index contributed by atoms with van der Waals surface area (Å²) in [5, 5.41) is 12.4. The molecule has 2 aliphatic rings. The highest BCUT2D eigenvalue weighted by Gasteiger charge is 2.28. The number of hydrogen-bond acceptors (Lipinski definition) is 4. The zero-order valence-corrected chi connectivity index (χ0v) is 9.28. The Morgan fingerprint density at radius 1 is 1.53 bits per heavy atom. The molecule has 4 heteroatoms. The number of nitrogens with one attached hydrogen (secondary N) is 1. The van der Waals surface area contributed by atoms with Crippen molar-refractivity contribution < 1.29 is 4.74 Å². The third-order valence-corrected chi connectivity index (χ3v) is 3.17. The van der Waals surface area contributed by atoms with Crippen molar-refractivity contribution in [1.29, 1.82) is 5.26 Å². The molecule has 0 radical (unpaired) electrons. The molecule has 4 nitrogen and oxygen atoms in total. The average Bonchev–Trinajstić information content (AvgIpc) is 2.95. The smallest absolute Gasteiger partial charge is 0.108 e. The summed E-state index contributed by atoms with van der Waals surface area (Å²) in [6.45, 7) is 2.87. The normalized spacial score (nSPS) is 28.9. The zero-order valence-electron chi connectivity index (χ0n) is 9.28. The summed E-state index contributed by atoms with van der Waals surface area (Å²) < 4.78 is 5.31. The quantitative estimate of drug-likeness (QED) is 0.710. The van der Waals surface area contributed by atoms with E-state index in [1.807, 2.05) is 0 Å². The standard InChI is InChI=1S/C11H19N3O/c1-15-11-4-5-14(8-11)7-10(6-12)13-9-2-3-9/h9-11,13H,2-5,7-8H2,1H3. The van der Waals surface area contributed by atoms with Gasteiger partial charge in [-0.25, -0.2) is 0 Å². The Labute approximate surface area is 91.2 Å². The number of nitrogens with zero attached hydrogens (tertiary/aromatic N) is 2. The fourth-order valence-electron chi connectivity index (χ4n) is 2.08. The summed E-state index contributed by atoms with van der Waals surface area (Å²) in [6, 6.07) is 2.94. The second kappa shape index (κ2) is 4.93. The molecule has 0 aromatic rings. The highest BCUT2D eigenvalue weighted by Crippen LogP contribution is 2.20. The van der Waals surface area contributed by atoms with E-state index >= 15 is 0 Å². The minimum atomic E-state index is -0.00638. The maximum absolute atomic E-state index is 9.02. The van der Waals surface area contributed by atoms with Crippen LogP contribution < -0.4 is 5.32 Å². The molecule has 0 amide bonds. The van der Waals surface area contributed by atoms with Crippen LogP contribution in [0.1, 0.15) is 19.3 Å². The van der Waals surface area contributed by atoms with Gasteiger partial charge in [0.25, 0.3) is 0 Å². The largest absolute Gasteiger partial charge is 0.380 e. The van der Waals surface area contributed by atoms with E-state index < -0.39 is 0 Å². The van der Waals surface area contributed by atoms with Crippen LogP contribution in [0, 0.1) is 11.3 Å². The van der Waals surface area contributed by atoms with Gasteiger partial charge in [0.1, 0.15) is 6.04 Å². The van der Waals surface area contributed by atoms with Crippen molar-refractivity contribution >= 4 is 0 Å². The van der Waals surface area contributed by atoms with Gasteiger partial charge in [-0.1, -0.05) is 0 Å². The van der Waals surface area contributed by atoms with Crippen molar-refractivity contribution in [1.82, 2.24) is 10.2 Å². The Balaban J connectivity index is 1.72. The van der Waals surface area contributed by atoms with Crippen LogP contribution in [0.25, 0.3) is 0 Å². The Morgan fingerprint density at radius 3 is 2.87 bits per heavy atom.